The van der Waals surface area contributed by atoms with Gasteiger partial charge >= 0.3 is 0 Å². The van der Waals surface area contributed by atoms with Crippen LogP contribution in [0.4, 0.5) is 0 Å². The molecule has 6 heteroatoms. The van der Waals surface area contributed by atoms with Crippen LogP contribution in [0.2, 0.25) is 0 Å². The first-order chi connectivity index (χ1) is 7.07. The molecule has 1 saturated carbocycles. The summed E-state index contributed by atoms with van der Waals surface area (Å²) in [5, 5.41) is 9.17. The molecular formula is C9H19NO3S2. The van der Waals surface area contributed by atoms with Crippen LogP contribution in [-0.2, 0) is 10.0 Å². The number of hydrogen-bond donors (Lipinski definition) is 2. The predicted octanol–water partition coefficient (Wildman–Crippen LogP) is 0.572. The van der Waals surface area contributed by atoms with Crippen molar-refractivity contribution < 1.29 is 13.5 Å². The molecule has 0 aliphatic heterocycles. The minimum Gasteiger partial charge on any atom is -0.396 e. The predicted molar refractivity (Wildman–Crippen MR) is 63.6 cm³/mol. The second-order valence-electron chi connectivity index (χ2n) is 3.88. The Morgan fingerprint density at radius 2 is 2.20 bits per heavy atom. The minimum atomic E-state index is -3.18. The van der Waals surface area contributed by atoms with Gasteiger partial charge in [0.05, 0.1) is 5.75 Å². The van der Waals surface area contributed by atoms with E-state index in [1.807, 2.05) is 0 Å². The summed E-state index contributed by atoms with van der Waals surface area (Å²) in [6.45, 7) is -0.0704. The Morgan fingerprint density at radius 1 is 1.47 bits per heavy atom. The molecule has 0 aromatic carbocycles. The lowest BCUT2D eigenvalue weighted by molar-refractivity contribution is 0.295. The van der Waals surface area contributed by atoms with E-state index in [1.165, 1.54) is 0 Å². The zero-order valence-corrected chi connectivity index (χ0v) is 10.6. The SMILES string of the molecule is CSC1CCC(NS(=O)(=O)CCCO)C1. The summed E-state index contributed by atoms with van der Waals surface area (Å²) in [5.41, 5.74) is 0. The van der Waals surface area contributed by atoms with E-state index in [2.05, 4.69) is 11.0 Å². The maximum Gasteiger partial charge on any atom is 0.211 e. The second kappa shape index (κ2) is 6.08. The van der Waals surface area contributed by atoms with Crippen molar-refractivity contribution in [3.8, 4) is 0 Å². The number of nitrogens with one attached hydrogen (secondary N) is 1. The Labute approximate surface area is 95.9 Å². The number of thioether (sulfide) groups is 1. The number of rotatable bonds is 6. The van der Waals surface area contributed by atoms with Crippen molar-refractivity contribution in [2.75, 3.05) is 18.6 Å². The Hall–Kier alpha value is 0.220. The lowest BCUT2D eigenvalue weighted by atomic mass is 10.3. The van der Waals surface area contributed by atoms with Crippen LogP contribution in [0.3, 0.4) is 0 Å². The first-order valence-corrected chi connectivity index (χ1v) is 8.15. The van der Waals surface area contributed by atoms with Crippen LogP contribution in [-0.4, -0.2) is 43.4 Å². The average Bonchev–Trinajstić information content (AvgIpc) is 2.62. The average molecular weight is 253 g/mol. The van der Waals surface area contributed by atoms with Crippen LogP contribution < -0.4 is 4.72 Å². The highest BCUT2D eigenvalue weighted by Crippen LogP contribution is 2.28. The van der Waals surface area contributed by atoms with Gasteiger partial charge in [0.25, 0.3) is 0 Å². The molecule has 1 rings (SSSR count). The van der Waals surface area contributed by atoms with Crippen molar-refractivity contribution >= 4 is 21.8 Å². The zero-order chi connectivity index (χ0) is 11.3. The molecule has 15 heavy (non-hydrogen) atoms. The van der Waals surface area contributed by atoms with E-state index in [-0.39, 0.29) is 18.4 Å². The van der Waals surface area contributed by atoms with Crippen molar-refractivity contribution in [1.82, 2.24) is 4.72 Å². The second-order valence-corrected chi connectivity index (χ2v) is 6.89. The third-order valence-corrected chi connectivity index (χ3v) is 5.25. The standard InChI is InChI=1S/C9H19NO3S2/c1-14-9-4-3-8(7-9)10-15(12,13)6-2-5-11/h8-11H,2-7H2,1H3. The number of sulfonamides is 1. The molecule has 0 spiro atoms. The summed E-state index contributed by atoms with van der Waals surface area (Å²) in [4.78, 5) is 0. The lowest BCUT2D eigenvalue weighted by Crippen LogP contribution is -2.35. The fraction of sp³-hybridized carbons (Fsp3) is 1.00. The molecule has 0 radical (unpaired) electrons. The third-order valence-electron chi connectivity index (χ3n) is 2.64. The molecular weight excluding hydrogens is 234 g/mol. The van der Waals surface area contributed by atoms with Gasteiger partial charge in [-0.2, -0.15) is 11.8 Å². The minimum absolute atomic E-state index is 0.0317. The van der Waals surface area contributed by atoms with Crippen LogP contribution in [0.15, 0.2) is 0 Å². The number of aliphatic hydroxyl groups is 1. The normalized spacial score (nSPS) is 27.1. The molecule has 0 bridgehead atoms. The van der Waals surface area contributed by atoms with Crippen LogP contribution in [0, 0.1) is 0 Å². The Morgan fingerprint density at radius 3 is 2.73 bits per heavy atom. The molecule has 2 unspecified atom stereocenters. The van der Waals surface area contributed by atoms with Gasteiger partial charge in [0.15, 0.2) is 0 Å². The monoisotopic (exact) mass is 253 g/mol. The zero-order valence-electron chi connectivity index (χ0n) is 8.98. The molecule has 2 atom stereocenters. The van der Waals surface area contributed by atoms with Gasteiger partial charge in [0.1, 0.15) is 0 Å². The van der Waals surface area contributed by atoms with Gasteiger partial charge in [-0.15, -0.1) is 0 Å². The van der Waals surface area contributed by atoms with E-state index in [0.29, 0.717) is 11.7 Å². The van der Waals surface area contributed by atoms with Gasteiger partial charge in [0.2, 0.25) is 10.0 Å². The summed E-state index contributed by atoms with van der Waals surface area (Å²) in [6, 6.07) is 0.103. The fourth-order valence-corrected chi connectivity index (χ4v) is 3.97. The van der Waals surface area contributed by atoms with Crippen LogP contribution in [0.1, 0.15) is 25.7 Å². The Bertz CT molecular complexity index is 279. The smallest absolute Gasteiger partial charge is 0.211 e. The lowest BCUT2D eigenvalue weighted by Gasteiger charge is -2.12. The van der Waals surface area contributed by atoms with Crippen molar-refractivity contribution in [2.24, 2.45) is 0 Å². The largest absolute Gasteiger partial charge is 0.396 e. The van der Waals surface area contributed by atoms with Crippen LogP contribution in [0.5, 0.6) is 0 Å². The third kappa shape index (κ3) is 4.72. The van der Waals surface area contributed by atoms with Crippen LogP contribution in [0.25, 0.3) is 0 Å². The van der Waals surface area contributed by atoms with Gasteiger partial charge in [-0.3, -0.25) is 0 Å². The summed E-state index contributed by atoms with van der Waals surface area (Å²) in [7, 11) is -3.18. The first kappa shape index (κ1) is 13.3. The van der Waals surface area contributed by atoms with E-state index < -0.39 is 10.0 Å². The van der Waals surface area contributed by atoms with Crippen molar-refractivity contribution in [2.45, 2.75) is 37.0 Å². The molecule has 0 aromatic rings. The maximum absolute atomic E-state index is 11.5. The number of hydrogen-bond acceptors (Lipinski definition) is 4. The summed E-state index contributed by atoms with van der Waals surface area (Å²) in [5.74, 6) is 0.0317. The van der Waals surface area contributed by atoms with Gasteiger partial charge in [-0.05, 0) is 31.9 Å². The fourth-order valence-electron chi connectivity index (χ4n) is 1.83. The Kier molecular flexibility index (Phi) is 5.38. The molecule has 0 amide bonds. The highest BCUT2D eigenvalue weighted by molar-refractivity contribution is 7.99. The summed E-state index contributed by atoms with van der Waals surface area (Å²) >= 11 is 1.81. The number of aliphatic hydroxyl groups excluding tert-OH is 1. The van der Waals surface area contributed by atoms with E-state index in [0.717, 1.165) is 19.3 Å². The molecule has 1 fully saturated rings. The molecule has 0 heterocycles. The van der Waals surface area contributed by atoms with E-state index >= 15 is 0 Å². The summed E-state index contributed by atoms with van der Waals surface area (Å²) < 4.78 is 25.7. The topological polar surface area (TPSA) is 66.4 Å². The highest BCUT2D eigenvalue weighted by Gasteiger charge is 2.26. The van der Waals surface area contributed by atoms with Crippen LogP contribution >= 0.6 is 11.8 Å². The molecule has 4 nitrogen and oxygen atoms in total. The van der Waals surface area contributed by atoms with Gasteiger partial charge in [0, 0.05) is 17.9 Å². The van der Waals surface area contributed by atoms with Gasteiger partial charge in [-0.25, -0.2) is 13.1 Å². The molecule has 90 valence electrons. The summed E-state index contributed by atoms with van der Waals surface area (Å²) in [6.07, 6.45) is 5.33. The van der Waals surface area contributed by atoms with E-state index in [9.17, 15) is 8.42 Å². The maximum atomic E-state index is 11.5. The molecule has 0 saturated heterocycles. The Balaban J connectivity index is 2.35. The molecule has 2 N–H and O–H groups in total. The molecule has 1 aliphatic rings. The van der Waals surface area contributed by atoms with Crippen molar-refractivity contribution in [1.29, 1.82) is 0 Å². The van der Waals surface area contributed by atoms with Gasteiger partial charge < -0.3 is 5.11 Å². The van der Waals surface area contributed by atoms with E-state index in [1.54, 1.807) is 11.8 Å². The quantitative estimate of drug-likeness (QED) is 0.726. The highest BCUT2D eigenvalue weighted by atomic mass is 32.2. The molecule has 0 aromatic heterocycles. The van der Waals surface area contributed by atoms with Crippen molar-refractivity contribution in [3.63, 3.8) is 0 Å². The molecule has 1 aliphatic carbocycles. The van der Waals surface area contributed by atoms with Gasteiger partial charge in [-0.1, -0.05) is 0 Å². The first-order valence-electron chi connectivity index (χ1n) is 5.21. The van der Waals surface area contributed by atoms with Crippen molar-refractivity contribution in [3.05, 3.63) is 0 Å². The van der Waals surface area contributed by atoms with E-state index in [4.69, 9.17) is 5.11 Å².